The number of benzene rings is 1. The van der Waals surface area contributed by atoms with Crippen LogP contribution in [0, 0.1) is 6.92 Å². The highest BCUT2D eigenvalue weighted by Gasteiger charge is 2.21. The second-order valence-corrected chi connectivity index (χ2v) is 7.50. The zero-order valence-electron chi connectivity index (χ0n) is 15.5. The fourth-order valence-corrected chi connectivity index (χ4v) is 2.28. The van der Waals surface area contributed by atoms with Gasteiger partial charge in [0.2, 0.25) is 5.91 Å². The molecular weight excluding hydrogens is 300 g/mol. The van der Waals surface area contributed by atoms with Gasteiger partial charge in [-0.1, -0.05) is 46.8 Å². The lowest BCUT2D eigenvalue weighted by atomic mass is 9.92. The molecule has 0 saturated carbocycles. The molecule has 1 aromatic heterocycles. The number of aromatic nitrogens is 2. The number of nitrogens with zero attached hydrogens (tertiary/aromatic N) is 2. The van der Waals surface area contributed by atoms with E-state index >= 15 is 0 Å². The van der Waals surface area contributed by atoms with E-state index in [1.807, 2.05) is 45.0 Å². The lowest BCUT2D eigenvalue weighted by Crippen LogP contribution is -2.33. The average molecular weight is 328 g/mol. The van der Waals surface area contributed by atoms with E-state index in [1.54, 1.807) is 4.68 Å². The van der Waals surface area contributed by atoms with Crippen LogP contribution in [0.25, 0.3) is 5.69 Å². The van der Waals surface area contributed by atoms with E-state index in [9.17, 15) is 4.79 Å². The molecule has 0 aliphatic carbocycles. The molecule has 0 aliphatic rings. The summed E-state index contributed by atoms with van der Waals surface area (Å²) in [6.07, 6.45) is 0. The van der Waals surface area contributed by atoms with Crippen LogP contribution in [0.4, 0.5) is 5.82 Å². The van der Waals surface area contributed by atoms with Gasteiger partial charge >= 0.3 is 0 Å². The number of anilines is 1. The van der Waals surface area contributed by atoms with Gasteiger partial charge in [-0.05, 0) is 24.6 Å². The van der Waals surface area contributed by atoms with Crippen LogP contribution < -0.4 is 10.6 Å². The third-order valence-corrected chi connectivity index (χ3v) is 3.66. The quantitative estimate of drug-likeness (QED) is 0.884. The Labute approximate surface area is 144 Å². The molecule has 5 nitrogen and oxygen atoms in total. The van der Waals surface area contributed by atoms with E-state index in [0.29, 0.717) is 5.82 Å². The van der Waals surface area contributed by atoms with Crippen molar-refractivity contribution in [1.82, 2.24) is 15.1 Å². The summed E-state index contributed by atoms with van der Waals surface area (Å²) in [7, 11) is 0. The molecule has 2 N–H and O–H groups in total. The van der Waals surface area contributed by atoms with Crippen molar-refractivity contribution in [2.75, 3.05) is 11.9 Å². The first-order chi connectivity index (χ1) is 11.2. The van der Waals surface area contributed by atoms with Crippen molar-refractivity contribution >= 4 is 11.7 Å². The van der Waals surface area contributed by atoms with Crippen LogP contribution in [0.2, 0.25) is 0 Å². The number of nitrogens with one attached hydrogen (secondary N) is 2. The third kappa shape index (κ3) is 4.68. The van der Waals surface area contributed by atoms with Crippen LogP contribution in [0.5, 0.6) is 0 Å². The maximum atomic E-state index is 12.2. The lowest BCUT2D eigenvalue weighted by Gasteiger charge is -2.14. The van der Waals surface area contributed by atoms with Crippen molar-refractivity contribution in [3.05, 3.63) is 41.6 Å². The fraction of sp³-hybridized carbons (Fsp3) is 0.474. The maximum absolute atomic E-state index is 12.2. The van der Waals surface area contributed by atoms with Crippen molar-refractivity contribution in [3.8, 4) is 5.69 Å². The van der Waals surface area contributed by atoms with Gasteiger partial charge in [0, 0.05) is 17.5 Å². The normalized spacial score (nSPS) is 11.8. The number of aryl methyl sites for hydroxylation is 1. The van der Waals surface area contributed by atoms with Gasteiger partial charge in [0.05, 0.1) is 17.9 Å². The second kappa shape index (κ2) is 7.18. The lowest BCUT2D eigenvalue weighted by molar-refractivity contribution is -0.115. The van der Waals surface area contributed by atoms with Gasteiger partial charge in [-0.15, -0.1) is 0 Å². The van der Waals surface area contributed by atoms with Crippen molar-refractivity contribution in [1.29, 1.82) is 0 Å². The Hall–Kier alpha value is -2.14. The molecule has 0 unspecified atom stereocenters. The molecule has 5 heteroatoms. The molecule has 1 amide bonds. The summed E-state index contributed by atoms with van der Waals surface area (Å²) in [5, 5.41) is 10.8. The highest BCUT2D eigenvalue weighted by molar-refractivity contribution is 5.91. The summed E-state index contributed by atoms with van der Waals surface area (Å²) in [5.41, 5.74) is 2.94. The largest absolute Gasteiger partial charge is 0.309 e. The Morgan fingerprint density at radius 2 is 1.96 bits per heavy atom. The van der Waals surface area contributed by atoms with Crippen LogP contribution in [0.15, 0.2) is 30.3 Å². The minimum Gasteiger partial charge on any atom is -0.309 e. The van der Waals surface area contributed by atoms with Crippen molar-refractivity contribution in [3.63, 3.8) is 0 Å². The number of rotatable bonds is 5. The highest BCUT2D eigenvalue weighted by Crippen LogP contribution is 2.26. The predicted molar refractivity (Wildman–Crippen MR) is 98.8 cm³/mol. The van der Waals surface area contributed by atoms with Gasteiger partial charge in [0.15, 0.2) is 0 Å². The Morgan fingerprint density at radius 1 is 1.25 bits per heavy atom. The minimum absolute atomic E-state index is 0.0713. The molecule has 1 heterocycles. The van der Waals surface area contributed by atoms with Crippen LogP contribution >= 0.6 is 0 Å². The van der Waals surface area contributed by atoms with E-state index in [4.69, 9.17) is 5.10 Å². The summed E-state index contributed by atoms with van der Waals surface area (Å²) < 4.78 is 1.81. The molecule has 1 aromatic carbocycles. The smallest absolute Gasteiger partial charge is 0.239 e. The topological polar surface area (TPSA) is 59.0 Å². The van der Waals surface area contributed by atoms with Gasteiger partial charge in [-0.3, -0.25) is 4.79 Å². The second-order valence-electron chi connectivity index (χ2n) is 7.50. The van der Waals surface area contributed by atoms with E-state index in [1.165, 1.54) is 0 Å². The van der Waals surface area contributed by atoms with Gasteiger partial charge in [0.1, 0.15) is 5.82 Å². The standard InChI is InChI=1S/C19H28N4O/c1-13(2)20-12-18(24)21-17-11-16(19(4,5)6)22-23(17)15-9-7-8-14(3)10-15/h7-11,13,20H,12H2,1-6H3,(H,21,24). The Morgan fingerprint density at radius 3 is 2.54 bits per heavy atom. The minimum atomic E-state index is -0.0925. The van der Waals surface area contributed by atoms with Crippen molar-refractivity contribution < 1.29 is 4.79 Å². The summed E-state index contributed by atoms with van der Waals surface area (Å²) in [5.74, 6) is 0.624. The molecule has 0 radical (unpaired) electrons. The zero-order valence-corrected chi connectivity index (χ0v) is 15.5. The van der Waals surface area contributed by atoms with Gasteiger partial charge in [-0.25, -0.2) is 4.68 Å². The molecule has 0 fully saturated rings. The molecule has 0 spiro atoms. The molecule has 0 atom stereocenters. The van der Waals surface area contributed by atoms with Crippen LogP contribution in [0.3, 0.4) is 0 Å². The zero-order chi connectivity index (χ0) is 17.9. The molecule has 0 bridgehead atoms. The number of amides is 1. The Kier molecular flexibility index (Phi) is 5.44. The summed E-state index contributed by atoms with van der Waals surface area (Å²) in [6.45, 7) is 12.7. The van der Waals surface area contributed by atoms with Crippen molar-refractivity contribution in [2.24, 2.45) is 0 Å². The molecule has 2 aromatic rings. The Balaban J connectivity index is 2.34. The van der Waals surface area contributed by atoms with Crippen LogP contribution in [0.1, 0.15) is 45.9 Å². The summed E-state index contributed by atoms with van der Waals surface area (Å²) in [6, 6.07) is 10.3. The number of carbonyl (C=O) groups is 1. The maximum Gasteiger partial charge on any atom is 0.239 e. The SMILES string of the molecule is Cc1cccc(-n2nc(C(C)(C)C)cc2NC(=O)CNC(C)C)c1. The monoisotopic (exact) mass is 328 g/mol. The van der Waals surface area contributed by atoms with Gasteiger partial charge in [0.25, 0.3) is 0 Å². The molecule has 2 rings (SSSR count). The Bertz CT molecular complexity index is 710. The first-order valence-corrected chi connectivity index (χ1v) is 8.37. The van der Waals surface area contributed by atoms with E-state index in [2.05, 4.69) is 37.5 Å². The molecule has 0 aliphatic heterocycles. The van der Waals surface area contributed by atoms with Crippen molar-refractivity contribution in [2.45, 2.75) is 53.0 Å². The van der Waals surface area contributed by atoms with Gasteiger partial charge < -0.3 is 10.6 Å². The van der Waals surface area contributed by atoms with Gasteiger partial charge in [-0.2, -0.15) is 5.10 Å². The average Bonchev–Trinajstić information content (AvgIpc) is 2.89. The summed E-state index contributed by atoms with van der Waals surface area (Å²) in [4.78, 5) is 12.2. The predicted octanol–water partition coefficient (Wildman–Crippen LogP) is 3.41. The van der Waals surface area contributed by atoms with E-state index in [-0.39, 0.29) is 23.9 Å². The molecule has 0 saturated heterocycles. The van der Waals surface area contributed by atoms with E-state index in [0.717, 1.165) is 16.9 Å². The molecular formula is C19H28N4O. The number of hydrogen-bond acceptors (Lipinski definition) is 3. The first kappa shape index (κ1) is 18.2. The summed E-state index contributed by atoms with van der Waals surface area (Å²) >= 11 is 0. The highest BCUT2D eigenvalue weighted by atomic mass is 16.2. The first-order valence-electron chi connectivity index (χ1n) is 8.37. The van der Waals surface area contributed by atoms with Crippen LogP contribution in [-0.4, -0.2) is 28.3 Å². The molecule has 130 valence electrons. The number of carbonyl (C=O) groups excluding carboxylic acids is 1. The third-order valence-electron chi connectivity index (χ3n) is 3.66. The van der Waals surface area contributed by atoms with Crippen LogP contribution in [-0.2, 0) is 10.2 Å². The number of hydrogen-bond donors (Lipinski definition) is 2. The fourth-order valence-electron chi connectivity index (χ4n) is 2.28. The van der Waals surface area contributed by atoms with E-state index < -0.39 is 0 Å². The molecule has 24 heavy (non-hydrogen) atoms.